The third kappa shape index (κ3) is 2.24. The molecule has 0 aromatic rings. The maximum atomic E-state index is 12.7. The summed E-state index contributed by atoms with van der Waals surface area (Å²) in [7, 11) is 0. The van der Waals surface area contributed by atoms with Gasteiger partial charge >= 0.3 is 0 Å². The van der Waals surface area contributed by atoms with Crippen LogP contribution >= 0.6 is 0 Å². The Morgan fingerprint density at radius 1 is 1.16 bits per heavy atom. The summed E-state index contributed by atoms with van der Waals surface area (Å²) in [5.41, 5.74) is -0.764. The number of nitrogens with zero attached hydrogens (tertiary/aromatic N) is 2. The number of carbonyl (C=O) groups is 2. The van der Waals surface area contributed by atoms with Gasteiger partial charge in [-0.25, -0.2) is 0 Å². The molecule has 1 atom stereocenters. The lowest BCUT2D eigenvalue weighted by Gasteiger charge is -2.49. The highest BCUT2D eigenvalue weighted by molar-refractivity contribution is 5.93. The van der Waals surface area contributed by atoms with Crippen molar-refractivity contribution in [3.63, 3.8) is 0 Å². The molecule has 5 nitrogen and oxygen atoms in total. The van der Waals surface area contributed by atoms with Crippen LogP contribution in [0.1, 0.15) is 33.1 Å². The predicted molar refractivity (Wildman–Crippen MR) is 71.5 cm³/mol. The minimum atomic E-state index is -0.764. The molecule has 0 aliphatic carbocycles. The first-order valence-electron chi connectivity index (χ1n) is 7.32. The maximum absolute atomic E-state index is 12.7. The van der Waals surface area contributed by atoms with Gasteiger partial charge in [0.05, 0.1) is 0 Å². The minimum Gasteiger partial charge on any atom is -0.342 e. The summed E-state index contributed by atoms with van der Waals surface area (Å²) in [6.45, 7) is 7.52. The first-order chi connectivity index (χ1) is 8.97. The van der Waals surface area contributed by atoms with E-state index < -0.39 is 5.54 Å². The molecule has 5 heteroatoms. The quantitative estimate of drug-likeness (QED) is 0.737. The number of nitrogens with one attached hydrogen (secondary N) is 1. The van der Waals surface area contributed by atoms with Crippen LogP contribution in [0.3, 0.4) is 0 Å². The van der Waals surface area contributed by atoms with Gasteiger partial charge in [-0.15, -0.1) is 0 Å². The third-order valence-corrected chi connectivity index (χ3v) is 4.85. The van der Waals surface area contributed by atoms with Gasteiger partial charge in [0.2, 0.25) is 11.8 Å². The van der Waals surface area contributed by atoms with Gasteiger partial charge in [-0.3, -0.25) is 9.59 Å². The van der Waals surface area contributed by atoms with Crippen LogP contribution in [0.5, 0.6) is 0 Å². The zero-order chi connectivity index (χ0) is 13.6. The van der Waals surface area contributed by atoms with Crippen LogP contribution < -0.4 is 5.32 Å². The molecule has 106 valence electrons. The standard InChI is InChI=1S/C14H23N3O2/c1-14(2)13(19)17(8-5-12(18)15-14)11-9-16-6-3-10(11)4-7-16/h10-11H,3-9H2,1-2H3,(H,15,18). The molecule has 4 rings (SSSR count). The summed E-state index contributed by atoms with van der Waals surface area (Å²) in [4.78, 5) is 28.8. The number of piperidine rings is 3. The molecule has 0 aromatic carbocycles. The fraction of sp³-hybridized carbons (Fsp3) is 0.857. The SMILES string of the molecule is CC1(C)NC(=O)CCN(C2CN3CCC2CC3)C1=O. The number of amides is 2. The van der Waals surface area contributed by atoms with Crippen molar-refractivity contribution >= 4 is 11.8 Å². The summed E-state index contributed by atoms with van der Waals surface area (Å²) in [6.07, 6.45) is 2.81. The van der Waals surface area contributed by atoms with Crippen LogP contribution in [0.4, 0.5) is 0 Å². The maximum Gasteiger partial charge on any atom is 0.248 e. The molecule has 1 N–H and O–H groups in total. The minimum absolute atomic E-state index is 0.0119. The highest BCUT2D eigenvalue weighted by Gasteiger charge is 2.44. The smallest absolute Gasteiger partial charge is 0.248 e. The van der Waals surface area contributed by atoms with E-state index in [1.54, 1.807) is 0 Å². The average Bonchev–Trinajstić information content (AvgIpc) is 2.48. The highest BCUT2D eigenvalue weighted by Crippen LogP contribution is 2.32. The molecular formula is C14H23N3O2. The molecule has 0 radical (unpaired) electrons. The van der Waals surface area contributed by atoms with E-state index in [0.29, 0.717) is 24.9 Å². The van der Waals surface area contributed by atoms with Crippen molar-refractivity contribution in [2.24, 2.45) is 5.92 Å². The van der Waals surface area contributed by atoms with Crippen molar-refractivity contribution in [3.8, 4) is 0 Å². The number of rotatable bonds is 1. The number of hydrogen-bond donors (Lipinski definition) is 1. The van der Waals surface area contributed by atoms with Crippen LogP contribution in [0.15, 0.2) is 0 Å². The van der Waals surface area contributed by atoms with Crippen molar-refractivity contribution in [3.05, 3.63) is 0 Å². The molecule has 4 aliphatic rings. The topological polar surface area (TPSA) is 52.7 Å². The summed E-state index contributed by atoms with van der Waals surface area (Å²) < 4.78 is 0. The van der Waals surface area contributed by atoms with Crippen LogP contribution in [-0.4, -0.2) is 59.4 Å². The van der Waals surface area contributed by atoms with Crippen molar-refractivity contribution in [2.45, 2.75) is 44.7 Å². The largest absolute Gasteiger partial charge is 0.342 e. The third-order valence-electron chi connectivity index (χ3n) is 4.85. The Bertz CT molecular complexity index is 399. The Balaban J connectivity index is 1.83. The highest BCUT2D eigenvalue weighted by atomic mass is 16.2. The zero-order valence-corrected chi connectivity index (χ0v) is 11.8. The monoisotopic (exact) mass is 265 g/mol. The van der Waals surface area contributed by atoms with E-state index in [9.17, 15) is 9.59 Å². The normalized spacial score (nSPS) is 38.0. The van der Waals surface area contributed by atoms with E-state index in [4.69, 9.17) is 0 Å². The number of hydrogen-bond acceptors (Lipinski definition) is 3. The number of carbonyl (C=O) groups excluding carboxylic acids is 2. The molecule has 1 unspecified atom stereocenters. The van der Waals surface area contributed by atoms with E-state index >= 15 is 0 Å². The Kier molecular flexibility index (Phi) is 3.04. The molecule has 4 heterocycles. The molecule has 2 amide bonds. The molecule has 19 heavy (non-hydrogen) atoms. The van der Waals surface area contributed by atoms with Gasteiger partial charge < -0.3 is 15.1 Å². The Labute approximate surface area is 114 Å². The van der Waals surface area contributed by atoms with Gasteiger partial charge in [-0.05, 0) is 45.7 Å². The van der Waals surface area contributed by atoms with E-state index in [-0.39, 0.29) is 11.8 Å². The Morgan fingerprint density at radius 3 is 2.42 bits per heavy atom. The van der Waals surface area contributed by atoms with Gasteiger partial charge in [-0.1, -0.05) is 0 Å². The second kappa shape index (κ2) is 4.47. The fourth-order valence-electron chi connectivity index (χ4n) is 3.75. The molecular weight excluding hydrogens is 242 g/mol. The van der Waals surface area contributed by atoms with Crippen molar-refractivity contribution < 1.29 is 9.59 Å². The van der Waals surface area contributed by atoms with Crippen molar-refractivity contribution in [1.29, 1.82) is 0 Å². The van der Waals surface area contributed by atoms with Crippen molar-refractivity contribution in [1.82, 2.24) is 15.1 Å². The van der Waals surface area contributed by atoms with Gasteiger partial charge in [0.15, 0.2) is 0 Å². The van der Waals surface area contributed by atoms with E-state index in [2.05, 4.69) is 10.2 Å². The molecule has 2 bridgehead atoms. The number of fused-ring (bicyclic) bond motifs is 3. The molecule has 0 spiro atoms. The average molecular weight is 265 g/mol. The first kappa shape index (κ1) is 12.9. The van der Waals surface area contributed by atoms with Crippen LogP contribution in [-0.2, 0) is 9.59 Å². The Hall–Kier alpha value is -1.10. The fourth-order valence-corrected chi connectivity index (χ4v) is 3.75. The van der Waals surface area contributed by atoms with Gasteiger partial charge in [0.1, 0.15) is 5.54 Å². The van der Waals surface area contributed by atoms with Crippen molar-refractivity contribution in [2.75, 3.05) is 26.2 Å². The van der Waals surface area contributed by atoms with E-state index in [1.807, 2.05) is 18.7 Å². The zero-order valence-electron chi connectivity index (χ0n) is 11.8. The summed E-state index contributed by atoms with van der Waals surface area (Å²) in [5.74, 6) is 0.692. The second-order valence-corrected chi connectivity index (χ2v) is 6.63. The predicted octanol–water partition coefficient (Wildman–Crippen LogP) is 0.208. The second-order valence-electron chi connectivity index (χ2n) is 6.63. The van der Waals surface area contributed by atoms with Gasteiger partial charge in [0.25, 0.3) is 0 Å². The summed E-state index contributed by atoms with van der Waals surface area (Å²) in [6, 6.07) is 0.307. The van der Waals surface area contributed by atoms with E-state index in [1.165, 1.54) is 25.9 Å². The lowest BCUT2D eigenvalue weighted by Crippen LogP contribution is -2.62. The molecule has 4 fully saturated rings. The first-order valence-corrected chi connectivity index (χ1v) is 7.32. The van der Waals surface area contributed by atoms with E-state index in [0.717, 1.165) is 6.54 Å². The lowest BCUT2D eigenvalue weighted by atomic mass is 9.82. The molecule has 0 aromatic heterocycles. The summed E-state index contributed by atoms with van der Waals surface area (Å²) >= 11 is 0. The molecule has 4 aliphatic heterocycles. The molecule has 4 saturated heterocycles. The summed E-state index contributed by atoms with van der Waals surface area (Å²) in [5, 5.41) is 2.84. The van der Waals surface area contributed by atoms with Crippen LogP contribution in [0.2, 0.25) is 0 Å². The van der Waals surface area contributed by atoms with Gasteiger partial charge in [0, 0.05) is 25.6 Å². The van der Waals surface area contributed by atoms with Gasteiger partial charge in [-0.2, -0.15) is 0 Å². The van der Waals surface area contributed by atoms with Crippen LogP contribution in [0.25, 0.3) is 0 Å². The Morgan fingerprint density at radius 2 is 1.84 bits per heavy atom. The lowest BCUT2D eigenvalue weighted by molar-refractivity contribution is -0.143. The van der Waals surface area contributed by atoms with Crippen LogP contribution in [0, 0.1) is 5.92 Å². The molecule has 0 saturated carbocycles.